The molecule has 1 aromatic rings. The number of urea groups is 1. The number of carbonyl (C=O) groups excluding carboxylic acids is 1. The summed E-state index contributed by atoms with van der Waals surface area (Å²) >= 11 is 0. The zero-order valence-corrected chi connectivity index (χ0v) is 12.6. The van der Waals surface area contributed by atoms with Crippen molar-refractivity contribution in [3.05, 3.63) is 24.0 Å². The predicted octanol–water partition coefficient (Wildman–Crippen LogP) is 1.63. The van der Waals surface area contributed by atoms with Gasteiger partial charge < -0.3 is 20.6 Å². The fourth-order valence-electron chi connectivity index (χ4n) is 1.63. The Labute approximate surface area is 124 Å². The van der Waals surface area contributed by atoms with Gasteiger partial charge in [0.1, 0.15) is 0 Å². The van der Waals surface area contributed by atoms with Gasteiger partial charge in [0.25, 0.3) is 0 Å². The molecule has 21 heavy (non-hydrogen) atoms. The van der Waals surface area contributed by atoms with E-state index in [0.29, 0.717) is 12.6 Å². The first kappa shape index (κ1) is 16.9. The highest BCUT2D eigenvalue weighted by Crippen LogP contribution is 2.11. The predicted molar refractivity (Wildman–Crippen MR) is 80.6 cm³/mol. The van der Waals surface area contributed by atoms with Crippen LogP contribution >= 0.6 is 0 Å². The van der Waals surface area contributed by atoms with Gasteiger partial charge in [-0.3, -0.25) is 0 Å². The molecule has 0 aliphatic carbocycles. The standard InChI is InChI=1S/C14H22N4O3/c1-10(2)18(3)9-5-8-16-14(21)17-11-6-4-7-15-12(11)13(19)20/h4,6-7,10H,5,8-9H2,1-3H3,(H,19,20)(H2,16,17,21). The maximum Gasteiger partial charge on any atom is 0.356 e. The summed E-state index contributed by atoms with van der Waals surface area (Å²) in [7, 11) is 2.03. The number of hydrogen-bond acceptors (Lipinski definition) is 4. The van der Waals surface area contributed by atoms with Crippen LogP contribution in [0.25, 0.3) is 0 Å². The Kier molecular flexibility index (Phi) is 6.61. The van der Waals surface area contributed by atoms with Crippen LogP contribution in [-0.2, 0) is 0 Å². The lowest BCUT2D eigenvalue weighted by molar-refractivity contribution is 0.0691. The highest BCUT2D eigenvalue weighted by Gasteiger charge is 2.13. The first-order valence-corrected chi connectivity index (χ1v) is 6.85. The number of nitrogens with one attached hydrogen (secondary N) is 2. The fraction of sp³-hybridized carbons (Fsp3) is 0.500. The fourth-order valence-corrected chi connectivity index (χ4v) is 1.63. The van der Waals surface area contributed by atoms with E-state index in [2.05, 4.69) is 34.4 Å². The van der Waals surface area contributed by atoms with Crippen LogP contribution in [-0.4, -0.2) is 53.2 Å². The van der Waals surface area contributed by atoms with Crippen molar-refractivity contribution in [2.75, 3.05) is 25.5 Å². The summed E-state index contributed by atoms with van der Waals surface area (Å²) in [4.78, 5) is 28.6. The second-order valence-electron chi connectivity index (χ2n) is 5.01. The molecule has 1 heterocycles. The van der Waals surface area contributed by atoms with E-state index in [1.54, 1.807) is 6.07 Å². The molecule has 0 unspecified atom stereocenters. The van der Waals surface area contributed by atoms with Crippen LogP contribution in [0.4, 0.5) is 10.5 Å². The average Bonchev–Trinajstić information content (AvgIpc) is 2.43. The van der Waals surface area contributed by atoms with Gasteiger partial charge in [-0.25, -0.2) is 14.6 Å². The van der Waals surface area contributed by atoms with E-state index >= 15 is 0 Å². The van der Waals surface area contributed by atoms with Gasteiger partial charge in [0, 0.05) is 18.8 Å². The Morgan fingerprint density at radius 1 is 1.43 bits per heavy atom. The van der Waals surface area contributed by atoms with E-state index in [1.165, 1.54) is 12.3 Å². The molecular formula is C14H22N4O3. The zero-order chi connectivity index (χ0) is 15.8. The van der Waals surface area contributed by atoms with Crippen LogP contribution in [0, 0.1) is 0 Å². The molecule has 1 rings (SSSR count). The summed E-state index contributed by atoms with van der Waals surface area (Å²) in [5.41, 5.74) is 0.00832. The third-order valence-corrected chi connectivity index (χ3v) is 3.11. The molecule has 2 amide bonds. The quantitative estimate of drug-likeness (QED) is 0.664. The molecule has 0 spiro atoms. The summed E-state index contributed by atoms with van der Waals surface area (Å²) in [6, 6.07) is 3.10. The lowest BCUT2D eigenvalue weighted by Crippen LogP contribution is -2.33. The number of rotatable bonds is 7. The molecule has 0 aromatic carbocycles. The van der Waals surface area contributed by atoms with E-state index in [0.717, 1.165) is 13.0 Å². The average molecular weight is 294 g/mol. The van der Waals surface area contributed by atoms with Crippen molar-refractivity contribution in [3.63, 3.8) is 0 Å². The molecule has 0 saturated carbocycles. The van der Waals surface area contributed by atoms with Gasteiger partial charge in [-0.05, 0) is 46.0 Å². The van der Waals surface area contributed by atoms with Gasteiger partial charge in [-0.2, -0.15) is 0 Å². The summed E-state index contributed by atoms with van der Waals surface area (Å²) < 4.78 is 0. The topological polar surface area (TPSA) is 94.6 Å². The molecule has 1 aromatic heterocycles. The van der Waals surface area contributed by atoms with Crippen LogP contribution < -0.4 is 10.6 Å². The monoisotopic (exact) mass is 294 g/mol. The van der Waals surface area contributed by atoms with Crippen LogP contribution in [0.15, 0.2) is 18.3 Å². The summed E-state index contributed by atoms with van der Waals surface area (Å²) in [6.45, 7) is 5.61. The smallest absolute Gasteiger partial charge is 0.356 e. The molecule has 3 N–H and O–H groups in total. The van der Waals surface area contributed by atoms with Crippen molar-refractivity contribution in [2.24, 2.45) is 0 Å². The minimum atomic E-state index is -1.18. The molecule has 0 aliphatic heterocycles. The number of carboxylic acid groups (broad SMARTS) is 1. The molecule has 0 atom stereocenters. The third-order valence-electron chi connectivity index (χ3n) is 3.11. The van der Waals surface area contributed by atoms with Gasteiger partial charge in [0.15, 0.2) is 5.69 Å². The highest BCUT2D eigenvalue weighted by molar-refractivity contribution is 5.98. The number of carboxylic acids is 1. The molecule has 116 valence electrons. The van der Waals surface area contributed by atoms with Gasteiger partial charge in [0.2, 0.25) is 0 Å². The second kappa shape index (κ2) is 8.21. The second-order valence-corrected chi connectivity index (χ2v) is 5.01. The molecule has 7 nitrogen and oxygen atoms in total. The molecule has 0 bridgehead atoms. The highest BCUT2D eigenvalue weighted by atomic mass is 16.4. The van der Waals surface area contributed by atoms with Gasteiger partial charge in [-0.15, -0.1) is 0 Å². The summed E-state index contributed by atoms with van der Waals surface area (Å²) in [5, 5.41) is 14.2. The molecular weight excluding hydrogens is 272 g/mol. The van der Waals surface area contributed by atoms with Gasteiger partial charge in [0.05, 0.1) is 5.69 Å². The van der Waals surface area contributed by atoms with E-state index in [-0.39, 0.29) is 11.4 Å². The van der Waals surface area contributed by atoms with Crippen molar-refractivity contribution in [2.45, 2.75) is 26.3 Å². The first-order valence-electron chi connectivity index (χ1n) is 6.85. The Hall–Kier alpha value is -2.15. The lowest BCUT2D eigenvalue weighted by Gasteiger charge is -2.20. The van der Waals surface area contributed by atoms with E-state index in [9.17, 15) is 9.59 Å². The van der Waals surface area contributed by atoms with E-state index < -0.39 is 12.0 Å². The van der Waals surface area contributed by atoms with Crippen LogP contribution in [0.5, 0.6) is 0 Å². The van der Waals surface area contributed by atoms with Crippen LogP contribution in [0.2, 0.25) is 0 Å². The molecule has 7 heteroatoms. The van der Waals surface area contributed by atoms with Crippen LogP contribution in [0.3, 0.4) is 0 Å². The number of nitrogens with zero attached hydrogens (tertiary/aromatic N) is 2. The molecule has 0 aliphatic rings. The number of pyridine rings is 1. The number of anilines is 1. The van der Waals surface area contributed by atoms with Crippen molar-refractivity contribution in [1.82, 2.24) is 15.2 Å². The van der Waals surface area contributed by atoms with Gasteiger partial charge >= 0.3 is 12.0 Å². The van der Waals surface area contributed by atoms with Gasteiger partial charge in [-0.1, -0.05) is 0 Å². The van der Waals surface area contributed by atoms with E-state index in [1.807, 2.05) is 7.05 Å². The largest absolute Gasteiger partial charge is 0.476 e. The first-order chi connectivity index (χ1) is 9.91. The SMILES string of the molecule is CC(C)N(C)CCCNC(=O)Nc1cccnc1C(=O)O. The van der Waals surface area contributed by atoms with Crippen molar-refractivity contribution >= 4 is 17.7 Å². The molecule has 0 fully saturated rings. The zero-order valence-electron chi connectivity index (χ0n) is 12.6. The Balaban J connectivity index is 2.39. The normalized spacial score (nSPS) is 10.7. The Morgan fingerprint density at radius 3 is 2.76 bits per heavy atom. The lowest BCUT2D eigenvalue weighted by atomic mass is 10.3. The summed E-state index contributed by atoms with van der Waals surface area (Å²) in [6.07, 6.45) is 2.19. The number of amides is 2. The van der Waals surface area contributed by atoms with E-state index in [4.69, 9.17) is 5.11 Å². The third kappa shape index (κ3) is 5.78. The minimum absolute atomic E-state index is 0.174. The Bertz CT molecular complexity index is 491. The van der Waals surface area contributed by atoms with Crippen LogP contribution in [0.1, 0.15) is 30.8 Å². The molecule has 0 saturated heterocycles. The van der Waals surface area contributed by atoms with Crippen molar-refractivity contribution < 1.29 is 14.7 Å². The minimum Gasteiger partial charge on any atom is -0.476 e. The van der Waals surface area contributed by atoms with Crippen molar-refractivity contribution in [3.8, 4) is 0 Å². The number of hydrogen-bond donors (Lipinski definition) is 3. The Morgan fingerprint density at radius 2 is 2.14 bits per heavy atom. The molecule has 0 radical (unpaired) electrons. The summed E-state index contributed by atoms with van der Waals surface area (Å²) in [5.74, 6) is -1.18. The number of aromatic nitrogens is 1. The van der Waals surface area contributed by atoms with Crippen molar-refractivity contribution in [1.29, 1.82) is 0 Å². The maximum atomic E-state index is 11.7. The maximum absolute atomic E-state index is 11.7. The number of aromatic carboxylic acids is 1. The number of carbonyl (C=O) groups is 2.